The first kappa shape index (κ1) is 12.7. The van der Waals surface area contributed by atoms with Gasteiger partial charge in [0, 0.05) is 18.7 Å². The number of thioether (sulfide) groups is 1. The molecule has 0 spiro atoms. The van der Waals surface area contributed by atoms with Gasteiger partial charge in [0.05, 0.1) is 16.2 Å². The average molecular weight is 263 g/mol. The Bertz CT molecular complexity index is 493. The van der Waals surface area contributed by atoms with Crippen LogP contribution in [0.3, 0.4) is 0 Å². The van der Waals surface area contributed by atoms with Crippen molar-refractivity contribution < 1.29 is 4.92 Å². The van der Waals surface area contributed by atoms with Crippen LogP contribution in [0.15, 0.2) is 18.2 Å². The van der Waals surface area contributed by atoms with Crippen molar-refractivity contribution >= 4 is 23.1 Å². The van der Waals surface area contributed by atoms with Crippen LogP contribution in [0.1, 0.15) is 12.0 Å². The van der Waals surface area contributed by atoms with Gasteiger partial charge in [-0.3, -0.25) is 10.1 Å². The highest BCUT2D eigenvalue weighted by molar-refractivity contribution is 7.99. The second kappa shape index (κ2) is 5.74. The van der Waals surface area contributed by atoms with E-state index in [2.05, 4.69) is 5.32 Å². The molecule has 1 atom stereocenters. The Kier molecular flexibility index (Phi) is 4.05. The maximum Gasteiger partial charge on any atom is 0.270 e. The number of hydrogen-bond acceptors (Lipinski definition) is 5. The molecule has 94 valence electrons. The van der Waals surface area contributed by atoms with Crippen molar-refractivity contribution in [1.82, 2.24) is 0 Å². The summed E-state index contributed by atoms with van der Waals surface area (Å²) in [6.45, 7) is 0.819. The summed E-state index contributed by atoms with van der Waals surface area (Å²) in [6, 6.07) is 6.34. The minimum Gasteiger partial charge on any atom is -0.384 e. The van der Waals surface area contributed by atoms with E-state index in [1.165, 1.54) is 24.3 Å². The topological polar surface area (TPSA) is 79.0 Å². The van der Waals surface area contributed by atoms with Crippen LogP contribution in [-0.4, -0.2) is 23.0 Å². The summed E-state index contributed by atoms with van der Waals surface area (Å²) in [7, 11) is 0. The minimum atomic E-state index is -0.488. The summed E-state index contributed by atoms with van der Waals surface area (Å²) in [5.41, 5.74) is 0.961. The normalized spacial score (nSPS) is 18.3. The van der Waals surface area contributed by atoms with Gasteiger partial charge in [0.15, 0.2) is 0 Å². The summed E-state index contributed by atoms with van der Waals surface area (Å²) in [5, 5.41) is 22.8. The third-order valence-electron chi connectivity index (χ3n) is 2.94. The van der Waals surface area contributed by atoms with Crippen LogP contribution in [0.2, 0.25) is 0 Å². The van der Waals surface area contributed by atoms with Crippen LogP contribution in [0.25, 0.3) is 0 Å². The molecule has 0 aromatic heterocycles. The second-order valence-corrected chi connectivity index (χ2v) is 5.36. The zero-order valence-corrected chi connectivity index (χ0v) is 10.6. The fraction of sp³-hybridized carbons (Fsp3) is 0.417. The van der Waals surface area contributed by atoms with E-state index >= 15 is 0 Å². The lowest BCUT2D eigenvalue weighted by molar-refractivity contribution is -0.384. The maximum atomic E-state index is 10.6. The number of nitrogens with one attached hydrogen (secondary N) is 1. The average Bonchev–Trinajstić information content (AvgIpc) is 2.89. The van der Waals surface area contributed by atoms with Crippen LogP contribution in [0, 0.1) is 27.4 Å². The molecule has 1 saturated heterocycles. The molecule has 0 saturated carbocycles. The Labute approximate surface area is 109 Å². The van der Waals surface area contributed by atoms with E-state index in [0.717, 1.165) is 12.3 Å². The Morgan fingerprint density at radius 3 is 3.06 bits per heavy atom. The molecule has 0 bridgehead atoms. The van der Waals surface area contributed by atoms with Crippen molar-refractivity contribution in [1.29, 1.82) is 5.26 Å². The van der Waals surface area contributed by atoms with Gasteiger partial charge in [-0.1, -0.05) is 0 Å². The summed E-state index contributed by atoms with van der Waals surface area (Å²) in [5.74, 6) is 2.95. The Morgan fingerprint density at radius 1 is 1.61 bits per heavy atom. The first-order valence-corrected chi connectivity index (χ1v) is 6.86. The van der Waals surface area contributed by atoms with Crippen LogP contribution in [0.4, 0.5) is 11.4 Å². The number of nitriles is 1. The third kappa shape index (κ3) is 2.93. The smallest absolute Gasteiger partial charge is 0.270 e. The largest absolute Gasteiger partial charge is 0.384 e. The summed E-state index contributed by atoms with van der Waals surface area (Å²) >= 11 is 1.94. The molecular weight excluding hydrogens is 250 g/mol. The number of nitro groups is 1. The molecule has 1 fully saturated rings. The van der Waals surface area contributed by atoms with Crippen LogP contribution in [0.5, 0.6) is 0 Å². The molecule has 2 rings (SSSR count). The SMILES string of the molecule is N#Cc1cc([N+](=O)[O-])ccc1NCC1CCSC1. The van der Waals surface area contributed by atoms with E-state index < -0.39 is 4.92 Å². The number of benzene rings is 1. The molecular formula is C12H13N3O2S. The lowest BCUT2D eigenvalue weighted by atomic mass is 10.1. The molecule has 1 aliphatic heterocycles. The van der Waals surface area contributed by atoms with Crippen LogP contribution >= 0.6 is 11.8 Å². The highest BCUT2D eigenvalue weighted by Gasteiger charge is 2.16. The van der Waals surface area contributed by atoms with Crippen molar-refractivity contribution in [3.63, 3.8) is 0 Å². The van der Waals surface area contributed by atoms with E-state index in [4.69, 9.17) is 5.26 Å². The third-order valence-corrected chi connectivity index (χ3v) is 4.17. The second-order valence-electron chi connectivity index (χ2n) is 4.21. The number of hydrogen-bond donors (Lipinski definition) is 1. The van der Waals surface area contributed by atoms with Crippen molar-refractivity contribution in [2.45, 2.75) is 6.42 Å². The maximum absolute atomic E-state index is 10.6. The van der Waals surface area contributed by atoms with E-state index in [-0.39, 0.29) is 5.69 Å². The summed E-state index contributed by atoms with van der Waals surface area (Å²) < 4.78 is 0. The number of nitrogens with zero attached hydrogens (tertiary/aromatic N) is 2. The molecule has 1 aromatic rings. The fourth-order valence-electron chi connectivity index (χ4n) is 1.89. The molecule has 0 aliphatic carbocycles. The first-order chi connectivity index (χ1) is 8.70. The van der Waals surface area contributed by atoms with Crippen molar-refractivity contribution in [2.75, 3.05) is 23.4 Å². The van der Waals surface area contributed by atoms with Crippen molar-refractivity contribution in [3.8, 4) is 6.07 Å². The van der Waals surface area contributed by atoms with E-state index in [1.807, 2.05) is 17.8 Å². The number of anilines is 1. The molecule has 0 radical (unpaired) electrons. The lowest BCUT2D eigenvalue weighted by Crippen LogP contribution is -2.14. The number of rotatable bonds is 4. The van der Waals surface area contributed by atoms with Gasteiger partial charge in [0.25, 0.3) is 5.69 Å². The Morgan fingerprint density at radius 2 is 2.44 bits per heavy atom. The van der Waals surface area contributed by atoms with Gasteiger partial charge in [0.2, 0.25) is 0 Å². The van der Waals surface area contributed by atoms with Gasteiger partial charge in [-0.2, -0.15) is 17.0 Å². The molecule has 1 unspecified atom stereocenters. The molecule has 5 nitrogen and oxygen atoms in total. The predicted molar refractivity (Wildman–Crippen MR) is 71.7 cm³/mol. The van der Waals surface area contributed by atoms with Crippen LogP contribution in [-0.2, 0) is 0 Å². The summed E-state index contributed by atoms with van der Waals surface area (Å²) in [4.78, 5) is 10.1. The van der Waals surface area contributed by atoms with Crippen LogP contribution < -0.4 is 5.32 Å². The van der Waals surface area contributed by atoms with E-state index in [9.17, 15) is 10.1 Å². The minimum absolute atomic E-state index is 0.0477. The Balaban J connectivity index is 2.07. The zero-order chi connectivity index (χ0) is 13.0. The highest BCUT2D eigenvalue weighted by atomic mass is 32.2. The lowest BCUT2D eigenvalue weighted by Gasteiger charge is -2.12. The zero-order valence-electron chi connectivity index (χ0n) is 9.76. The predicted octanol–water partition coefficient (Wildman–Crippen LogP) is 2.63. The standard InChI is InChI=1S/C12H13N3O2S/c13-6-10-5-11(15(16)17)1-2-12(10)14-7-9-3-4-18-8-9/h1-2,5,9,14H,3-4,7-8H2. The molecule has 1 N–H and O–H groups in total. The monoisotopic (exact) mass is 263 g/mol. The highest BCUT2D eigenvalue weighted by Crippen LogP contribution is 2.25. The molecule has 1 heterocycles. The Hall–Kier alpha value is -1.74. The molecule has 1 aromatic carbocycles. The van der Waals surface area contributed by atoms with Gasteiger partial charge in [0.1, 0.15) is 6.07 Å². The van der Waals surface area contributed by atoms with E-state index in [0.29, 0.717) is 17.2 Å². The molecule has 0 amide bonds. The van der Waals surface area contributed by atoms with Crippen molar-refractivity contribution in [2.24, 2.45) is 5.92 Å². The van der Waals surface area contributed by atoms with Gasteiger partial charge in [-0.15, -0.1) is 0 Å². The molecule has 1 aliphatic rings. The van der Waals surface area contributed by atoms with Gasteiger partial charge in [-0.05, 0) is 29.9 Å². The van der Waals surface area contributed by atoms with Crippen molar-refractivity contribution in [3.05, 3.63) is 33.9 Å². The first-order valence-electron chi connectivity index (χ1n) is 5.71. The number of nitro benzene ring substituents is 1. The summed E-state index contributed by atoms with van der Waals surface area (Å²) in [6.07, 6.45) is 1.19. The van der Waals surface area contributed by atoms with Gasteiger partial charge < -0.3 is 5.32 Å². The molecule has 6 heteroatoms. The quantitative estimate of drug-likeness (QED) is 0.667. The molecule has 18 heavy (non-hydrogen) atoms. The number of non-ortho nitro benzene ring substituents is 1. The van der Waals surface area contributed by atoms with Gasteiger partial charge in [-0.25, -0.2) is 0 Å². The van der Waals surface area contributed by atoms with Gasteiger partial charge >= 0.3 is 0 Å². The van der Waals surface area contributed by atoms with E-state index in [1.54, 1.807) is 6.07 Å². The fourth-order valence-corrected chi connectivity index (χ4v) is 3.18.